The Kier molecular flexibility index (Phi) is 3.71. The number of hydrogen-bond acceptors (Lipinski definition) is 2. The summed E-state index contributed by atoms with van der Waals surface area (Å²) in [6, 6.07) is 6.80. The van der Waals surface area contributed by atoms with E-state index in [1.54, 1.807) is 24.3 Å². The molecule has 1 atom stereocenters. The van der Waals surface area contributed by atoms with Gasteiger partial charge in [0.05, 0.1) is 6.67 Å². The summed E-state index contributed by atoms with van der Waals surface area (Å²) in [6.45, 7) is -0.0440. The maximum absolute atomic E-state index is 12.5. The monoisotopic (exact) mass is 183 g/mol. The summed E-state index contributed by atoms with van der Waals surface area (Å²) in [4.78, 5) is 0. The Morgan fingerprint density at radius 3 is 2.62 bits per heavy atom. The third kappa shape index (κ3) is 2.42. The van der Waals surface area contributed by atoms with Crippen LogP contribution in [-0.4, -0.2) is 18.3 Å². The summed E-state index contributed by atoms with van der Waals surface area (Å²) in [5, 5.41) is 9.43. The van der Waals surface area contributed by atoms with Gasteiger partial charge in [-0.15, -0.1) is 0 Å². The highest BCUT2D eigenvalue weighted by Gasteiger charge is 2.13. The van der Waals surface area contributed by atoms with E-state index in [2.05, 4.69) is 0 Å². The van der Waals surface area contributed by atoms with Gasteiger partial charge in [-0.05, 0) is 24.6 Å². The van der Waals surface area contributed by atoms with Crippen LogP contribution >= 0.6 is 0 Å². The third-order valence-corrected chi connectivity index (χ3v) is 2.08. The van der Waals surface area contributed by atoms with Crippen LogP contribution in [0.3, 0.4) is 0 Å². The van der Waals surface area contributed by atoms with Crippen molar-refractivity contribution in [2.45, 2.75) is 12.3 Å². The largest absolute Gasteiger partial charge is 0.508 e. The number of hydrogen-bond donors (Lipinski definition) is 2. The highest BCUT2D eigenvalue weighted by Crippen LogP contribution is 2.27. The lowest BCUT2D eigenvalue weighted by Gasteiger charge is -2.13. The van der Waals surface area contributed by atoms with Gasteiger partial charge in [0, 0.05) is 5.92 Å². The summed E-state index contributed by atoms with van der Waals surface area (Å²) < 4.78 is 12.5. The van der Waals surface area contributed by atoms with Crippen molar-refractivity contribution in [3.05, 3.63) is 29.8 Å². The van der Waals surface area contributed by atoms with E-state index in [1.807, 2.05) is 0 Å². The molecule has 0 radical (unpaired) electrons. The van der Waals surface area contributed by atoms with Gasteiger partial charge in [0.15, 0.2) is 0 Å². The third-order valence-electron chi connectivity index (χ3n) is 2.08. The normalized spacial score (nSPS) is 12.8. The quantitative estimate of drug-likeness (QED) is 0.747. The lowest BCUT2D eigenvalue weighted by atomic mass is 9.96. The first-order chi connectivity index (χ1) is 6.29. The molecule has 1 unspecified atom stereocenters. The van der Waals surface area contributed by atoms with Crippen LogP contribution in [0.15, 0.2) is 24.3 Å². The maximum Gasteiger partial charge on any atom is 0.119 e. The van der Waals surface area contributed by atoms with Crippen molar-refractivity contribution in [2.75, 3.05) is 13.2 Å². The number of phenolic OH excluding ortho intramolecular Hbond substituents is 1. The second-order valence-electron chi connectivity index (χ2n) is 2.99. The van der Waals surface area contributed by atoms with Crippen molar-refractivity contribution >= 4 is 0 Å². The predicted octanol–water partition coefficient (Wildman–Crippen LogP) is 1.79. The molecule has 0 aromatic heterocycles. The van der Waals surface area contributed by atoms with E-state index in [4.69, 9.17) is 5.73 Å². The maximum atomic E-state index is 12.5. The Morgan fingerprint density at radius 1 is 1.38 bits per heavy atom. The van der Waals surface area contributed by atoms with Gasteiger partial charge in [-0.25, -0.2) is 0 Å². The second kappa shape index (κ2) is 4.82. The number of phenols is 1. The Labute approximate surface area is 77.2 Å². The van der Waals surface area contributed by atoms with Gasteiger partial charge in [-0.1, -0.05) is 18.2 Å². The fourth-order valence-corrected chi connectivity index (χ4v) is 1.35. The molecule has 0 aliphatic carbocycles. The highest BCUT2D eigenvalue weighted by molar-refractivity contribution is 5.34. The number of nitrogens with two attached hydrogens (primary N) is 1. The number of alkyl halides is 1. The summed E-state index contributed by atoms with van der Waals surface area (Å²) in [6.07, 6.45) is 0.564. The summed E-state index contributed by atoms with van der Waals surface area (Å²) in [5.74, 6) is -0.121. The zero-order valence-electron chi connectivity index (χ0n) is 7.41. The molecule has 0 heterocycles. The molecule has 72 valence electrons. The Balaban J connectivity index is 2.84. The van der Waals surface area contributed by atoms with Crippen molar-refractivity contribution in [2.24, 2.45) is 5.73 Å². The molecule has 2 nitrogen and oxygen atoms in total. The van der Waals surface area contributed by atoms with Crippen LogP contribution in [0.5, 0.6) is 5.75 Å². The smallest absolute Gasteiger partial charge is 0.119 e. The van der Waals surface area contributed by atoms with Crippen LogP contribution in [0.25, 0.3) is 0 Å². The molecular formula is C10H14FNO. The van der Waals surface area contributed by atoms with E-state index >= 15 is 0 Å². The number of benzene rings is 1. The topological polar surface area (TPSA) is 46.2 Å². The molecule has 0 saturated carbocycles. The molecule has 0 saturated heterocycles. The Bertz CT molecular complexity index is 265. The lowest BCUT2D eigenvalue weighted by molar-refractivity contribution is 0.399. The summed E-state index contributed by atoms with van der Waals surface area (Å²) >= 11 is 0. The number of aromatic hydroxyl groups is 1. The van der Waals surface area contributed by atoms with Crippen molar-refractivity contribution in [1.29, 1.82) is 0 Å². The Morgan fingerprint density at radius 2 is 2.08 bits per heavy atom. The number of para-hydroxylation sites is 1. The van der Waals surface area contributed by atoms with E-state index in [0.29, 0.717) is 18.5 Å². The van der Waals surface area contributed by atoms with E-state index in [-0.39, 0.29) is 11.7 Å². The molecule has 0 amide bonds. The molecule has 3 heteroatoms. The van der Waals surface area contributed by atoms with Crippen LogP contribution in [-0.2, 0) is 0 Å². The van der Waals surface area contributed by atoms with E-state index in [0.717, 1.165) is 0 Å². The molecule has 3 N–H and O–H groups in total. The number of rotatable bonds is 4. The average Bonchev–Trinajstić information content (AvgIpc) is 2.16. The van der Waals surface area contributed by atoms with Crippen molar-refractivity contribution in [3.8, 4) is 5.75 Å². The zero-order chi connectivity index (χ0) is 9.68. The molecule has 13 heavy (non-hydrogen) atoms. The van der Waals surface area contributed by atoms with Gasteiger partial charge in [-0.3, -0.25) is 4.39 Å². The molecule has 1 aromatic carbocycles. The first kappa shape index (κ1) is 9.99. The molecule has 1 rings (SSSR count). The van der Waals surface area contributed by atoms with Gasteiger partial charge < -0.3 is 10.8 Å². The SMILES string of the molecule is NCCC(CF)c1ccccc1O. The van der Waals surface area contributed by atoms with Crippen LogP contribution in [0.2, 0.25) is 0 Å². The summed E-state index contributed by atoms with van der Waals surface area (Å²) in [5.41, 5.74) is 5.99. The van der Waals surface area contributed by atoms with Crippen LogP contribution in [0, 0.1) is 0 Å². The number of halogens is 1. The van der Waals surface area contributed by atoms with Crippen molar-refractivity contribution < 1.29 is 9.50 Å². The molecular weight excluding hydrogens is 169 g/mol. The van der Waals surface area contributed by atoms with E-state index in [1.165, 1.54) is 0 Å². The molecule has 0 fully saturated rings. The van der Waals surface area contributed by atoms with Gasteiger partial charge in [0.2, 0.25) is 0 Å². The van der Waals surface area contributed by atoms with Crippen molar-refractivity contribution in [1.82, 2.24) is 0 Å². The van der Waals surface area contributed by atoms with Crippen molar-refractivity contribution in [3.63, 3.8) is 0 Å². The lowest BCUT2D eigenvalue weighted by Crippen LogP contribution is -2.09. The van der Waals surface area contributed by atoms with E-state index < -0.39 is 6.67 Å². The molecule has 0 aliphatic rings. The van der Waals surface area contributed by atoms with Crippen LogP contribution < -0.4 is 5.73 Å². The molecule has 0 spiro atoms. The zero-order valence-corrected chi connectivity index (χ0v) is 7.41. The standard InChI is InChI=1S/C10H14FNO/c11-7-8(5-6-12)9-3-1-2-4-10(9)13/h1-4,8,13H,5-7,12H2. The highest BCUT2D eigenvalue weighted by atomic mass is 19.1. The van der Waals surface area contributed by atoms with Gasteiger partial charge in [0.1, 0.15) is 5.75 Å². The first-order valence-electron chi connectivity index (χ1n) is 4.33. The first-order valence-corrected chi connectivity index (χ1v) is 4.33. The van der Waals surface area contributed by atoms with E-state index in [9.17, 15) is 9.50 Å². The fraction of sp³-hybridized carbons (Fsp3) is 0.400. The minimum atomic E-state index is -0.477. The van der Waals surface area contributed by atoms with Crippen LogP contribution in [0.4, 0.5) is 4.39 Å². The second-order valence-corrected chi connectivity index (χ2v) is 2.99. The fourth-order valence-electron chi connectivity index (χ4n) is 1.35. The minimum Gasteiger partial charge on any atom is -0.508 e. The van der Waals surface area contributed by atoms with Crippen LogP contribution in [0.1, 0.15) is 17.9 Å². The van der Waals surface area contributed by atoms with Gasteiger partial charge >= 0.3 is 0 Å². The Hall–Kier alpha value is -1.09. The molecule has 0 bridgehead atoms. The predicted molar refractivity (Wildman–Crippen MR) is 50.5 cm³/mol. The molecule has 0 aliphatic heterocycles. The average molecular weight is 183 g/mol. The minimum absolute atomic E-state index is 0.151. The van der Waals surface area contributed by atoms with Gasteiger partial charge in [0.25, 0.3) is 0 Å². The summed E-state index contributed by atoms with van der Waals surface area (Å²) in [7, 11) is 0. The molecule has 1 aromatic rings. The van der Waals surface area contributed by atoms with Gasteiger partial charge in [-0.2, -0.15) is 0 Å².